The first-order valence-corrected chi connectivity index (χ1v) is 10.9. The first-order chi connectivity index (χ1) is 15.6. The highest BCUT2D eigenvalue weighted by molar-refractivity contribution is 5.81. The van der Waals surface area contributed by atoms with E-state index in [-0.39, 0.29) is 11.8 Å². The molecule has 166 valence electrons. The summed E-state index contributed by atoms with van der Waals surface area (Å²) in [5.74, 6) is 2.56. The number of benzene rings is 2. The van der Waals surface area contributed by atoms with Crippen molar-refractivity contribution < 1.29 is 14.3 Å². The predicted molar refractivity (Wildman–Crippen MR) is 126 cm³/mol. The van der Waals surface area contributed by atoms with Crippen LogP contribution in [0.2, 0.25) is 0 Å². The fourth-order valence-electron chi connectivity index (χ4n) is 4.29. The van der Waals surface area contributed by atoms with Crippen molar-refractivity contribution >= 4 is 16.9 Å². The van der Waals surface area contributed by atoms with Gasteiger partial charge in [0.05, 0.1) is 24.7 Å². The normalized spacial score (nSPS) is 15.8. The number of carbonyl (C=O) groups is 1. The fraction of sp³-hybridized carbons (Fsp3) is 0.308. The van der Waals surface area contributed by atoms with Crippen LogP contribution in [-0.4, -0.2) is 47.2 Å². The lowest BCUT2D eigenvalue weighted by Crippen LogP contribution is -2.25. The fourth-order valence-corrected chi connectivity index (χ4v) is 4.29. The molecule has 1 amide bonds. The molecular weight excluding hydrogens is 402 g/mol. The van der Waals surface area contributed by atoms with Crippen molar-refractivity contribution in [1.29, 1.82) is 0 Å². The van der Waals surface area contributed by atoms with Gasteiger partial charge in [-0.15, -0.1) is 13.2 Å². The molecule has 1 aliphatic heterocycles. The molecule has 0 N–H and O–H groups in total. The number of para-hydroxylation sites is 2. The zero-order chi connectivity index (χ0) is 22.5. The molecule has 1 aromatic heterocycles. The van der Waals surface area contributed by atoms with Crippen molar-refractivity contribution in [2.45, 2.75) is 25.3 Å². The Morgan fingerprint density at radius 1 is 1.16 bits per heavy atom. The van der Waals surface area contributed by atoms with Crippen LogP contribution in [0.25, 0.3) is 11.0 Å². The Balaban J connectivity index is 1.54. The van der Waals surface area contributed by atoms with Crippen LogP contribution in [0.15, 0.2) is 67.8 Å². The van der Waals surface area contributed by atoms with E-state index < -0.39 is 0 Å². The van der Waals surface area contributed by atoms with Gasteiger partial charge >= 0.3 is 0 Å². The van der Waals surface area contributed by atoms with Crippen LogP contribution < -0.4 is 9.47 Å². The molecule has 32 heavy (non-hydrogen) atoms. The second kappa shape index (κ2) is 9.73. The van der Waals surface area contributed by atoms with E-state index in [1.807, 2.05) is 47.4 Å². The van der Waals surface area contributed by atoms with Gasteiger partial charge in [0, 0.05) is 25.4 Å². The van der Waals surface area contributed by atoms with Crippen molar-refractivity contribution in [3.63, 3.8) is 0 Å². The smallest absolute Gasteiger partial charge is 0.223 e. The van der Waals surface area contributed by atoms with E-state index in [4.69, 9.17) is 14.5 Å². The lowest BCUT2D eigenvalue weighted by molar-refractivity contribution is -0.127. The molecule has 1 aliphatic rings. The molecule has 0 radical (unpaired) electrons. The number of imidazole rings is 1. The van der Waals surface area contributed by atoms with Crippen molar-refractivity contribution in [1.82, 2.24) is 14.5 Å². The monoisotopic (exact) mass is 431 g/mol. The Morgan fingerprint density at radius 3 is 2.78 bits per heavy atom. The number of nitrogens with zero attached hydrogens (tertiary/aromatic N) is 3. The van der Waals surface area contributed by atoms with Gasteiger partial charge in [-0.3, -0.25) is 4.79 Å². The SMILES string of the molecule is C=CCc1ccc(OCCn2c(C3CC(=O)N(CC=C)C3)nc3ccccc32)c(OC)c1. The number of rotatable bonds is 10. The summed E-state index contributed by atoms with van der Waals surface area (Å²) in [7, 11) is 1.65. The Bertz CT molecular complexity index is 1130. The first-order valence-electron chi connectivity index (χ1n) is 10.9. The molecule has 1 atom stereocenters. The average molecular weight is 432 g/mol. The minimum absolute atomic E-state index is 0.0579. The summed E-state index contributed by atoms with van der Waals surface area (Å²) in [6.07, 6.45) is 4.89. The van der Waals surface area contributed by atoms with E-state index in [9.17, 15) is 4.79 Å². The second-order valence-corrected chi connectivity index (χ2v) is 7.93. The van der Waals surface area contributed by atoms with Gasteiger partial charge in [-0.1, -0.05) is 30.4 Å². The molecule has 3 aromatic rings. The lowest BCUT2D eigenvalue weighted by Gasteiger charge is -2.16. The number of hydrogen-bond donors (Lipinski definition) is 0. The highest BCUT2D eigenvalue weighted by atomic mass is 16.5. The molecule has 6 heteroatoms. The summed E-state index contributed by atoms with van der Waals surface area (Å²) in [5, 5.41) is 0. The van der Waals surface area contributed by atoms with Gasteiger partial charge in [-0.05, 0) is 36.2 Å². The number of aromatic nitrogens is 2. The third-order valence-electron chi connectivity index (χ3n) is 5.79. The van der Waals surface area contributed by atoms with E-state index in [1.165, 1.54) is 0 Å². The molecule has 1 unspecified atom stereocenters. The molecule has 4 rings (SSSR count). The van der Waals surface area contributed by atoms with Crippen molar-refractivity contribution in [2.75, 3.05) is 26.8 Å². The summed E-state index contributed by atoms with van der Waals surface area (Å²) in [4.78, 5) is 19.1. The first kappa shape index (κ1) is 21.7. The third-order valence-corrected chi connectivity index (χ3v) is 5.79. The summed E-state index contributed by atoms with van der Waals surface area (Å²) in [6.45, 7) is 9.86. The number of likely N-dealkylation sites (tertiary alicyclic amines) is 1. The van der Waals surface area contributed by atoms with E-state index in [0.29, 0.717) is 44.2 Å². The third kappa shape index (κ3) is 4.40. The Labute approximate surface area is 188 Å². The maximum Gasteiger partial charge on any atom is 0.223 e. The second-order valence-electron chi connectivity index (χ2n) is 7.93. The number of hydrogen-bond acceptors (Lipinski definition) is 4. The quantitative estimate of drug-likeness (QED) is 0.448. The summed E-state index contributed by atoms with van der Waals surface area (Å²) in [5.41, 5.74) is 3.11. The predicted octanol–water partition coefficient (Wildman–Crippen LogP) is 4.35. The Hall–Kier alpha value is -3.54. The standard InChI is InChI=1S/C26H29N3O3/c1-4-8-19-11-12-23(24(16-19)31-3)32-15-14-29-22-10-7-6-9-21(22)27-26(29)20-17-25(30)28(18-20)13-5-2/h4-7,9-12,16,20H,1-2,8,13-15,17-18H2,3H3. The van der Waals surface area contributed by atoms with Gasteiger partial charge in [-0.2, -0.15) is 0 Å². The largest absolute Gasteiger partial charge is 0.493 e. The minimum Gasteiger partial charge on any atom is -0.493 e. The molecule has 2 heterocycles. The van der Waals surface area contributed by atoms with Crippen LogP contribution in [0.3, 0.4) is 0 Å². The summed E-state index contributed by atoms with van der Waals surface area (Å²) >= 11 is 0. The number of fused-ring (bicyclic) bond motifs is 1. The number of methoxy groups -OCH3 is 1. The van der Waals surface area contributed by atoms with Crippen molar-refractivity contribution in [2.24, 2.45) is 0 Å². The van der Waals surface area contributed by atoms with Crippen molar-refractivity contribution in [3.8, 4) is 11.5 Å². The van der Waals surface area contributed by atoms with Crippen LogP contribution in [0.4, 0.5) is 0 Å². The summed E-state index contributed by atoms with van der Waals surface area (Å²) in [6, 6.07) is 14.0. The molecule has 0 bridgehead atoms. The van der Waals surface area contributed by atoms with E-state index in [2.05, 4.69) is 23.8 Å². The molecule has 1 saturated heterocycles. The average Bonchev–Trinajstić information content (AvgIpc) is 3.35. The molecule has 1 fully saturated rings. The lowest BCUT2D eigenvalue weighted by atomic mass is 10.1. The number of carbonyl (C=O) groups excluding carboxylic acids is 1. The molecule has 6 nitrogen and oxygen atoms in total. The maximum atomic E-state index is 12.4. The van der Waals surface area contributed by atoms with E-state index in [1.54, 1.807) is 13.2 Å². The maximum absolute atomic E-state index is 12.4. The Morgan fingerprint density at radius 2 is 2.00 bits per heavy atom. The van der Waals surface area contributed by atoms with Crippen LogP contribution in [0.1, 0.15) is 23.7 Å². The molecular formula is C26H29N3O3. The van der Waals surface area contributed by atoms with Gasteiger partial charge in [0.25, 0.3) is 0 Å². The highest BCUT2D eigenvalue weighted by Gasteiger charge is 2.33. The number of amides is 1. The highest BCUT2D eigenvalue weighted by Crippen LogP contribution is 2.31. The van der Waals surface area contributed by atoms with Gasteiger partial charge < -0.3 is 18.9 Å². The van der Waals surface area contributed by atoms with Crippen LogP contribution in [0, 0.1) is 0 Å². The molecule has 0 aliphatic carbocycles. The van der Waals surface area contributed by atoms with Crippen LogP contribution in [-0.2, 0) is 17.8 Å². The van der Waals surface area contributed by atoms with E-state index >= 15 is 0 Å². The number of ether oxygens (including phenoxy) is 2. The number of allylic oxidation sites excluding steroid dienone is 1. The minimum atomic E-state index is 0.0579. The molecule has 0 spiro atoms. The van der Waals surface area contributed by atoms with Gasteiger partial charge in [0.1, 0.15) is 12.4 Å². The molecule has 0 saturated carbocycles. The van der Waals surface area contributed by atoms with Gasteiger partial charge in [0.2, 0.25) is 5.91 Å². The summed E-state index contributed by atoms with van der Waals surface area (Å²) < 4.78 is 13.8. The van der Waals surface area contributed by atoms with Gasteiger partial charge in [-0.25, -0.2) is 4.98 Å². The topological polar surface area (TPSA) is 56.6 Å². The molecule has 2 aromatic carbocycles. The van der Waals surface area contributed by atoms with E-state index in [0.717, 1.165) is 28.8 Å². The van der Waals surface area contributed by atoms with Gasteiger partial charge in [0.15, 0.2) is 11.5 Å². The van der Waals surface area contributed by atoms with Crippen LogP contribution >= 0.6 is 0 Å². The van der Waals surface area contributed by atoms with Crippen molar-refractivity contribution in [3.05, 3.63) is 79.2 Å². The van der Waals surface area contributed by atoms with Crippen LogP contribution in [0.5, 0.6) is 11.5 Å². The zero-order valence-electron chi connectivity index (χ0n) is 18.5. The Kier molecular flexibility index (Phi) is 6.59. The zero-order valence-corrected chi connectivity index (χ0v) is 18.5.